The number of fused-ring (bicyclic) bond motifs is 1. The first-order valence-corrected chi connectivity index (χ1v) is 3.92. The number of benzene rings is 1. The van der Waals surface area contributed by atoms with E-state index < -0.39 is 5.91 Å². The minimum Gasteiger partial charge on any atom is -0.364 e. The molecule has 1 amide bonds. The van der Waals surface area contributed by atoms with Crippen molar-refractivity contribution in [3.05, 3.63) is 42.2 Å². The lowest BCUT2D eigenvalue weighted by Gasteiger charge is -1.97. The summed E-state index contributed by atoms with van der Waals surface area (Å²) >= 11 is 0. The van der Waals surface area contributed by atoms with Gasteiger partial charge in [-0.25, -0.2) is 0 Å². The Morgan fingerprint density at radius 1 is 1.21 bits per heavy atom. The maximum absolute atomic E-state index is 10.8. The molecule has 0 saturated heterocycles. The summed E-state index contributed by atoms with van der Waals surface area (Å²) in [5, 5.41) is 1.99. The number of halogens is 1. The maximum atomic E-state index is 10.8. The zero-order chi connectivity index (χ0) is 9.26. The van der Waals surface area contributed by atoms with Gasteiger partial charge in [-0.1, -0.05) is 24.3 Å². The van der Waals surface area contributed by atoms with E-state index in [-0.39, 0.29) is 12.4 Å². The fourth-order valence-electron chi connectivity index (χ4n) is 1.22. The number of nitrogens with two attached hydrogens (primary N) is 1. The van der Waals surface area contributed by atoms with Crippen molar-refractivity contribution in [3.8, 4) is 0 Å². The molecule has 72 valence electrons. The molecule has 0 radical (unpaired) electrons. The first kappa shape index (κ1) is 10.5. The minimum atomic E-state index is -0.495. The number of primary amides is 1. The molecule has 2 rings (SSSR count). The Morgan fingerprint density at radius 3 is 2.50 bits per heavy atom. The van der Waals surface area contributed by atoms with E-state index >= 15 is 0 Å². The number of hydrogen-bond acceptors (Lipinski definition) is 2. The van der Waals surface area contributed by atoms with E-state index in [9.17, 15) is 4.79 Å². The third kappa shape index (κ3) is 1.83. The quantitative estimate of drug-likeness (QED) is 0.777. The Morgan fingerprint density at radius 2 is 1.86 bits per heavy atom. The summed E-state index contributed by atoms with van der Waals surface area (Å²) in [6.07, 6.45) is 1.65. The molecule has 1 heterocycles. The van der Waals surface area contributed by atoms with Crippen molar-refractivity contribution in [3.63, 3.8) is 0 Å². The molecule has 0 fully saturated rings. The van der Waals surface area contributed by atoms with Crippen molar-refractivity contribution < 1.29 is 4.79 Å². The van der Waals surface area contributed by atoms with E-state index in [2.05, 4.69) is 4.98 Å². The Kier molecular flexibility index (Phi) is 3.04. The largest absolute Gasteiger partial charge is 0.364 e. The van der Waals surface area contributed by atoms with Crippen LogP contribution in [-0.4, -0.2) is 10.9 Å². The Hall–Kier alpha value is -1.61. The smallest absolute Gasteiger partial charge is 0.267 e. The van der Waals surface area contributed by atoms with Crippen LogP contribution in [-0.2, 0) is 0 Å². The van der Waals surface area contributed by atoms with Crippen molar-refractivity contribution in [2.45, 2.75) is 0 Å². The number of hydrogen-bond donors (Lipinski definition) is 1. The molecular formula is C10H9ClN2O. The topological polar surface area (TPSA) is 56.0 Å². The van der Waals surface area contributed by atoms with Crippen molar-refractivity contribution in [2.24, 2.45) is 5.73 Å². The normalized spacial score (nSPS) is 9.43. The second-order valence-electron chi connectivity index (χ2n) is 2.78. The van der Waals surface area contributed by atoms with Gasteiger partial charge < -0.3 is 5.73 Å². The van der Waals surface area contributed by atoms with Crippen LogP contribution in [0.3, 0.4) is 0 Å². The van der Waals surface area contributed by atoms with E-state index in [4.69, 9.17) is 5.73 Å². The Balaban J connectivity index is 0.000000980. The second-order valence-corrected chi connectivity index (χ2v) is 2.78. The predicted octanol–water partition coefficient (Wildman–Crippen LogP) is 1.76. The molecular weight excluding hydrogens is 200 g/mol. The summed E-state index contributed by atoms with van der Waals surface area (Å²) < 4.78 is 0. The molecule has 14 heavy (non-hydrogen) atoms. The summed E-state index contributed by atoms with van der Waals surface area (Å²) in [7, 11) is 0. The van der Waals surface area contributed by atoms with Gasteiger partial charge in [0.15, 0.2) is 0 Å². The van der Waals surface area contributed by atoms with Crippen LogP contribution in [0, 0.1) is 0 Å². The summed E-state index contributed by atoms with van der Waals surface area (Å²) in [5.41, 5.74) is 5.41. The highest BCUT2D eigenvalue weighted by Gasteiger charge is 2.01. The molecule has 0 bridgehead atoms. The molecule has 0 aliphatic carbocycles. The highest BCUT2D eigenvalue weighted by atomic mass is 35.5. The third-order valence-electron chi connectivity index (χ3n) is 1.88. The van der Waals surface area contributed by atoms with Gasteiger partial charge in [0.2, 0.25) is 0 Å². The molecule has 0 aliphatic heterocycles. The van der Waals surface area contributed by atoms with Crippen molar-refractivity contribution in [2.75, 3.05) is 0 Å². The fraction of sp³-hybridized carbons (Fsp3) is 0. The van der Waals surface area contributed by atoms with E-state index in [1.54, 1.807) is 12.3 Å². The summed E-state index contributed by atoms with van der Waals surface area (Å²) in [6, 6.07) is 9.38. The van der Waals surface area contributed by atoms with Crippen LogP contribution >= 0.6 is 12.4 Å². The molecule has 1 aromatic heterocycles. The molecule has 0 atom stereocenters. The zero-order valence-corrected chi connectivity index (χ0v) is 8.12. The molecule has 1 aromatic carbocycles. The van der Waals surface area contributed by atoms with E-state index in [1.807, 2.05) is 24.3 Å². The predicted molar refractivity (Wildman–Crippen MR) is 57.5 cm³/mol. The monoisotopic (exact) mass is 208 g/mol. The van der Waals surface area contributed by atoms with E-state index in [0.29, 0.717) is 5.69 Å². The first-order valence-electron chi connectivity index (χ1n) is 3.92. The summed E-state index contributed by atoms with van der Waals surface area (Å²) in [4.78, 5) is 14.7. The van der Waals surface area contributed by atoms with Crippen LogP contribution in [0.25, 0.3) is 10.8 Å². The van der Waals surface area contributed by atoms with E-state index in [0.717, 1.165) is 10.8 Å². The molecule has 0 unspecified atom stereocenters. The number of carbonyl (C=O) groups is 1. The molecule has 4 heteroatoms. The molecule has 0 spiro atoms. The lowest BCUT2D eigenvalue weighted by atomic mass is 10.1. The molecule has 0 aliphatic rings. The number of rotatable bonds is 1. The number of aromatic nitrogens is 1. The molecule has 2 N–H and O–H groups in total. The van der Waals surface area contributed by atoms with Crippen molar-refractivity contribution in [1.29, 1.82) is 0 Å². The fourth-order valence-corrected chi connectivity index (χ4v) is 1.22. The number of amides is 1. The molecule has 2 aromatic rings. The molecule has 0 saturated carbocycles. The second kappa shape index (κ2) is 4.07. The number of nitrogens with zero attached hydrogens (tertiary/aromatic N) is 1. The van der Waals surface area contributed by atoms with Crippen LogP contribution in [0.5, 0.6) is 0 Å². The van der Waals surface area contributed by atoms with Crippen molar-refractivity contribution >= 4 is 29.1 Å². The van der Waals surface area contributed by atoms with Gasteiger partial charge in [0.05, 0.1) is 0 Å². The van der Waals surface area contributed by atoms with Crippen LogP contribution in [0.1, 0.15) is 10.5 Å². The van der Waals surface area contributed by atoms with Gasteiger partial charge in [0.1, 0.15) is 5.69 Å². The van der Waals surface area contributed by atoms with Crippen LogP contribution in [0.2, 0.25) is 0 Å². The molecule has 3 nitrogen and oxygen atoms in total. The standard InChI is InChI=1S/C10H8N2O.ClH/c11-10(13)9-5-7-3-1-2-4-8(7)6-12-9;/h1-6H,(H2,11,13);1H. The average molecular weight is 209 g/mol. The SMILES string of the molecule is Cl.NC(=O)c1cc2ccccc2cn1. The van der Waals surface area contributed by atoms with Crippen molar-refractivity contribution in [1.82, 2.24) is 4.98 Å². The van der Waals surface area contributed by atoms with Gasteiger partial charge in [0.25, 0.3) is 5.91 Å². The number of pyridine rings is 1. The number of carbonyl (C=O) groups excluding carboxylic acids is 1. The Labute approximate surface area is 87.4 Å². The van der Waals surface area contributed by atoms with E-state index in [1.165, 1.54) is 0 Å². The van der Waals surface area contributed by atoms with Gasteiger partial charge in [-0.3, -0.25) is 9.78 Å². The van der Waals surface area contributed by atoms with Gasteiger partial charge in [-0.05, 0) is 11.5 Å². The van der Waals surface area contributed by atoms with Crippen LogP contribution in [0.15, 0.2) is 36.5 Å². The van der Waals surface area contributed by atoms with Crippen LogP contribution in [0.4, 0.5) is 0 Å². The Bertz CT molecular complexity index is 470. The first-order chi connectivity index (χ1) is 6.27. The highest BCUT2D eigenvalue weighted by Crippen LogP contribution is 2.12. The minimum absolute atomic E-state index is 0. The summed E-state index contributed by atoms with van der Waals surface area (Å²) in [5.74, 6) is -0.495. The van der Waals surface area contributed by atoms with Gasteiger partial charge in [-0.15, -0.1) is 12.4 Å². The van der Waals surface area contributed by atoms with Gasteiger partial charge >= 0.3 is 0 Å². The lowest BCUT2D eigenvalue weighted by Crippen LogP contribution is -2.12. The average Bonchev–Trinajstić information content (AvgIpc) is 2.17. The van der Waals surface area contributed by atoms with Crippen LogP contribution < -0.4 is 5.73 Å². The van der Waals surface area contributed by atoms with Gasteiger partial charge in [0, 0.05) is 11.6 Å². The third-order valence-corrected chi connectivity index (χ3v) is 1.88. The highest BCUT2D eigenvalue weighted by molar-refractivity contribution is 5.95. The maximum Gasteiger partial charge on any atom is 0.267 e. The summed E-state index contributed by atoms with van der Waals surface area (Å²) in [6.45, 7) is 0. The zero-order valence-electron chi connectivity index (χ0n) is 7.31. The van der Waals surface area contributed by atoms with Gasteiger partial charge in [-0.2, -0.15) is 0 Å². The lowest BCUT2D eigenvalue weighted by molar-refractivity contribution is 0.0996.